The number of amides is 1. The second-order valence-electron chi connectivity index (χ2n) is 23.9. The Morgan fingerprint density at radius 2 is 0.769 bits per heavy atom. The smallest absolute Gasteiger partial charge is 0.249 e. The first-order chi connectivity index (χ1) is 38.2. The van der Waals surface area contributed by atoms with Crippen molar-refractivity contribution in [2.24, 2.45) is 0 Å². The van der Waals surface area contributed by atoms with Crippen LogP contribution in [0.2, 0.25) is 0 Å². The van der Waals surface area contributed by atoms with E-state index in [0.717, 1.165) is 38.5 Å². The molecule has 0 aromatic rings. The van der Waals surface area contributed by atoms with E-state index in [0.29, 0.717) is 19.3 Å². The number of aliphatic hydroxyl groups excluding tert-OH is 7. The van der Waals surface area contributed by atoms with Crippen LogP contribution in [0.25, 0.3) is 0 Å². The molecule has 1 heterocycles. The third-order valence-corrected chi connectivity index (χ3v) is 16.5. The quantitative estimate of drug-likeness (QED) is 0.0215. The summed E-state index contributed by atoms with van der Waals surface area (Å²) in [6.07, 6.45) is 58.3. The van der Waals surface area contributed by atoms with E-state index in [-0.39, 0.29) is 12.8 Å². The number of rotatable bonds is 59. The molecule has 8 N–H and O–H groups in total. The number of allylic oxidation sites excluding steroid dienone is 4. The fourth-order valence-corrected chi connectivity index (χ4v) is 11.1. The summed E-state index contributed by atoms with van der Waals surface area (Å²) in [6.45, 7) is 3.49. The van der Waals surface area contributed by atoms with Gasteiger partial charge in [-0.05, 0) is 51.4 Å². The summed E-state index contributed by atoms with van der Waals surface area (Å²) in [5.41, 5.74) is 0. The molecule has 0 aliphatic carbocycles. The van der Waals surface area contributed by atoms with E-state index in [2.05, 4.69) is 43.5 Å². The van der Waals surface area contributed by atoms with E-state index in [4.69, 9.17) is 9.47 Å². The summed E-state index contributed by atoms with van der Waals surface area (Å²) in [7, 11) is 0. The molecule has 9 atom stereocenters. The van der Waals surface area contributed by atoms with Crippen molar-refractivity contribution in [3.8, 4) is 0 Å². The molecule has 11 heteroatoms. The Kier molecular flexibility index (Phi) is 53.6. The van der Waals surface area contributed by atoms with E-state index in [1.54, 1.807) is 0 Å². The Bertz CT molecular complexity index is 1320. The molecule has 462 valence electrons. The molecule has 0 spiro atoms. The van der Waals surface area contributed by atoms with Crippen molar-refractivity contribution < 1.29 is 50.0 Å². The Balaban J connectivity index is 2.25. The molecule has 0 aromatic carbocycles. The van der Waals surface area contributed by atoms with Crippen molar-refractivity contribution in [1.29, 1.82) is 0 Å². The van der Waals surface area contributed by atoms with Gasteiger partial charge in [-0.1, -0.05) is 301 Å². The summed E-state index contributed by atoms with van der Waals surface area (Å²) in [4.78, 5) is 13.2. The van der Waals surface area contributed by atoms with Crippen molar-refractivity contribution in [3.63, 3.8) is 0 Å². The second-order valence-corrected chi connectivity index (χ2v) is 23.9. The normalized spacial score (nSPS) is 19.5. The molecule has 1 saturated heterocycles. The van der Waals surface area contributed by atoms with E-state index in [9.17, 15) is 40.5 Å². The Morgan fingerprint density at radius 1 is 0.436 bits per heavy atom. The number of unbranched alkanes of at least 4 members (excludes halogenated alkanes) is 43. The van der Waals surface area contributed by atoms with Gasteiger partial charge in [0.15, 0.2) is 6.29 Å². The van der Waals surface area contributed by atoms with Crippen molar-refractivity contribution >= 4 is 5.91 Å². The Hall–Kier alpha value is -1.41. The van der Waals surface area contributed by atoms with Gasteiger partial charge in [0.1, 0.15) is 36.6 Å². The molecule has 78 heavy (non-hydrogen) atoms. The zero-order valence-electron chi connectivity index (χ0n) is 50.9. The fraction of sp³-hybridized carbons (Fsp3) is 0.925. The molecule has 0 aromatic heterocycles. The topological polar surface area (TPSA) is 189 Å². The zero-order valence-corrected chi connectivity index (χ0v) is 50.9. The summed E-state index contributed by atoms with van der Waals surface area (Å²) in [6, 6.07) is -1.19. The van der Waals surface area contributed by atoms with Crippen LogP contribution >= 0.6 is 0 Å². The first-order valence-corrected chi connectivity index (χ1v) is 33.7. The van der Waals surface area contributed by atoms with Gasteiger partial charge in [-0.3, -0.25) is 4.79 Å². The summed E-state index contributed by atoms with van der Waals surface area (Å²) >= 11 is 0. The second kappa shape index (κ2) is 56.1. The number of aliphatic hydroxyl groups is 7. The highest BCUT2D eigenvalue weighted by molar-refractivity contribution is 5.80. The highest BCUT2D eigenvalue weighted by Gasteiger charge is 2.44. The predicted molar refractivity (Wildman–Crippen MR) is 326 cm³/mol. The maximum Gasteiger partial charge on any atom is 0.249 e. The summed E-state index contributed by atoms with van der Waals surface area (Å²) in [5.74, 6) is -0.704. The van der Waals surface area contributed by atoms with Crippen LogP contribution < -0.4 is 5.32 Å². The van der Waals surface area contributed by atoms with Crippen LogP contribution in [0.3, 0.4) is 0 Å². The van der Waals surface area contributed by atoms with Crippen LogP contribution in [-0.4, -0.2) is 110 Å². The molecule has 1 fully saturated rings. The molecule has 0 saturated carbocycles. The number of nitrogens with one attached hydrogen (secondary N) is 1. The van der Waals surface area contributed by atoms with E-state index in [1.807, 2.05) is 0 Å². The molecule has 0 bridgehead atoms. The van der Waals surface area contributed by atoms with Gasteiger partial charge in [-0.15, -0.1) is 0 Å². The van der Waals surface area contributed by atoms with Gasteiger partial charge >= 0.3 is 0 Å². The average Bonchev–Trinajstić information content (AvgIpc) is 3.46. The van der Waals surface area contributed by atoms with Gasteiger partial charge in [0.2, 0.25) is 5.91 Å². The lowest BCUT2D eigenvalue weighted by Gasteiger charge is -2.40. The molecule has 1 aliphatic rings. The van der Waals surface area contributed by atoms with Crippen LogP contribution in [0.5, 0.6) is 0 Å². The van der Waals surface area contributed by atoms with Gasteiger partial charge in [0, 0.05) is 0 Å². The minimum atomic E-state index is -1.67. The van der Waals surface area contributed by atoms with Crippen LogP contribution in [0, 0.1) is 0 Å². The standard InChI is InChI=1S/C67H129NO10/c1-3-5-7-9-11-13-15-17-19-21-23-25-27-29-30-31-33-34-36-38-40-42-44-46-48-50-52-54-59(70)62(72)58(57-77-67-65(75)64(74)63(73)61(56-69)78-67)68-66(76)60(71)55-53-51-49-47-45-43-41-39-37-35-32-28-26-24-22-20-18-16-14-12-10-8-6-4-2/h38,40,46,48,58-65,67,69-75H,3-37,39,41-45,47,49-57H2,1-2H3,(H,68,76)/b40-38+,48-46+. The number of hydrogen-bond donors (Lipinski definition) is 8. The van der Waals surface area contributed by atoms with Crippen molar-refractivity contribution in [2.45, 2.75) is 384 Å². The summed E-state index contributed by atoms with van der Waals surface area (Å²) in [5, 5.41) is 76.4. The van der Waals surface area contributed by atoms with Crippen molar-refractivity contribution in [1.82, 2.24) is 5.32 Å². The molecule has 9 unspecified atom stereocenters. The molecule has 1 rings (SSSR count). The van der Waals surface area contributed by atoms with Crippen LogP contribution in [0.1, 0.15) is 328 Å². The number of carbonyl (C=O) groups is 1. The number of carbonyl (C=O) groups excluding carboxylic acids is 1. The molecule has 1 aliphatic heterocycles. The number of hydrogen-bond acceptors (Lipinski definition) is 10. The zero-order chi connectivity index (χ0) is 56.8. The lowest BCUT2D eigenvalue weighted by Crippen LogP contribution is -2.60. The largest absolute Gasteiger partial charge is 0.394 e. The van der Waals surface area contributed by atoms with Crippen LogP contribution in [-0.2, 0) is 14.3 Å². The lowest BCUT2D eigenvalue weighted by molar-refractivity contribution is -0.303. The maximum atomic E-state index is 13.2. The number of ether oxygens (including phenoxy) is 2. The molecular weight excluding hydrogens is 979 g/mol. The molecule has 1 amide bonds. The minimum absolute atomic E-state index is 0.249. The molecule has 0 radical (unpaired) electrons. The highest BCUT2D eigenvalue weighted by atomic mass is 16.7. The molecular formula is C67H129NO10. The maximum absolute atomic E-state index is 13.2. The Labute approximate surface area is 480 Å². The lowest BCUT2D eigenvalue weighted by atomic mass is 9.98. The van der Waals surface area contributed by atoms with E-state index < -0.39 is 74.2 Å². The van der Waals surface area contributed by atoms with Crippen LogP contribution in [0.4, 0.5) is 0 Å². The first kappa shape index (κ1) is 74.6. The van der Waals surface area contributed by atoms with Crippen LogP contribution in [0.15, 0.2) is 24.3 Å². The van der Waals surface area contributed by atoms with E-state index >= 15 is 0 Å². The van der Waals surface area contributed by atoms with Crippen molar-refractivity contribution in [2.75, 3.05) is 13.2 Å². The molecule has 11 nitrogen and oxygen atoms in total. The first-order valence-electron chi connectivity index (χ1n) is 33.7. The average molecular weight is 1110 g/mol. The monoisotopic (exact) mass is 1110 g/mol. The van der Waals surface area contributed by atoms with E-state index in [1.165, 1.54) is 244 Å². The van der Waals surface area contributed by atoms with Gasteiger partial charge in [-0.25, -0.2) is 0 Å². The van der Waals surface area contributed by atoms with Gasteiger partial charge in [0.25, 0.3) is 0 Å². The Morgan fingerprint density at radius 3 is 1.14 bits per heavy atom. The van der Waals surface area contributed by atoms with Gasteiger partial charge in [-0.2, -0.15) is 0 Å². The van der Waals surface area contributed by atoms with Crippen molar-refractivity contribution in [3.05, 3.63) is 24.3 Å². The fourth-order valence-electron chi connectivity index (χ4n) is 11.1. The highest BCUT2D eigenvalue weighted by Crippen LogP contribution is 2.24. The third-order valence-electron chi connectivity index (χ3n) is 16.5. The third kappa shape index (κ3) is 43.3. The van der Waals surface area contributed by atoms with Gasteiger partial charge < -0.3 is 50.5 Å². The van der Waals surface area contributed by atoms with Gasteiger partial charge in [0.05, 0.1) is 25.4 Å². The SMILES string of the molecule is CCCCCCCCCCCCCCCCCCCC/C=C/CC/C=C/CCCC(O)C(O)C(COC1OC(CO)C(O)C(O)C1O)NC(=O)C(O)CCCCCCCCCCCCCCCCCCCCCCCCCC. The minimum Gasteiger partial charge on any atom is -0.394 e. The predicted octanol–water partition coefficient (Wildman–Crippen LogP) is 15.6. The summed E-state index contributed by atoms with van der Waals surface area (Å²) < 4.78 is 11.2.